The number of thioether (sulfide) groups is 1. The minimum absolute atomic E-state index is 0.0715. The molecule has 0 bridgehead atoms. The first-order chi connectivity index (χ1) is 13.9. The highest BCUT2D eigenvalue weighted by Gasteiger charge is 2.31. The summed E-state index contributed by atoms with van der Waals surface area (Å²) < 4.78 is 13.6. The molecule has 3 N–H and O–H groups in total. The van der Waals surface area contributed by atoms with Gasteiger partial charge in [-0.2, -0.15) is 0 Å². The fourth-order valence-corrected chi connectivity index (χ4v) is 3.92. The van der Waals surface area contributed by atoms with Crippen molar-refractivity contribution in [3.63, 3.8) is 0 Å². The first-order valence-electron chi connectivity index (χ1n) is 9.10. The molecule has 1 aliphatic rings. The van der Waals surface area contributed by atoms with Gasteiger partial charge in [-0.25, -0.2) is 4.79 Å². The molecule has 1 aromatic carbocycles. The SMILES string of the molecule is C=CCn1c(S[C@@H](C(=O)NC(N)=O)C(C)C)nnc1[C@H]1COc2ccccc2O1. The van der Waals surface area contributed by atoms with Crippen LogP contribution >= 0.6 is 11.8 Å². The molecule has 1 aromatic heterocycles. The zero-order valence-corrected chi connectivity index (χ0v) is 17.0. The van der Waals surface area contributed by atoms with E-state index in [9.17, 15) is 9.59 Å². The van der Waals surface area contributed by atoms with Gasteiger partial charge in [0.2, 0.25) is 5.91 Å². The quantitative estimate of drug-likeness (QED) is 0.523. The Morgan fingerprint density at radius 3 is 2.76 bits per heavy atom. The predicted octanol–water partition coefficient (Wildman–Crippen LogP) is 2.29. The summed E-state index contributed by atoms with van der Waals surface area (Å²) in [4.78, 5) is 23.4. The summed E-state index contributed by atoms with van der Waals surface area (Å²) in [5.41, 5.74) is 5.09. The molecule has 2 heterocycles. The van der Waals surface area contributed by atoms with E-state index in [1.807, 2.05) is 42.7 Å². The number of nitrogens with two attached hydrogens (primary N) is 1. The Morgan fingerprint density at radius 2 is 2.10 bits per heavy atom. The van der Waals surface area contributed by atoms with Crippen LogP contribution in [0.5, 0.6) is 11.5 Å². The highest BCUT2D eigenvalue weighted by molar-refractivity contribution is 8.00. The van der Waals surface area contributed by atoms with Gasteiger partial charge in [-0.05, 0) is 18.1 Å². The maximum Gasteiger partial charge on any atom is 0.318 e. The molecule has 0 radical (unpaired) electrons. The van der Waals surface area contributed by atoms with E-state index in [0.717, 1.165) is 0 Å². The number of carbonyl (C=O) groups is 2. The Bertz CT molecular complexity index is 914. The average molecular weight is 417 g/mol. The van der Waals surface area contributed by atoms with E-state index in [-0.39, 0.29) is 12.5 Å². The van der Waals surface area contributed by atoms with Crippen LogP contribution in [-0.4, -0.2) is 38.6 Å². The van der Waals surface area contributed by atoms with Gasteiger partial charge in [0.25, 0.3) is 0 Å². The van der Waals surface area contributed by atoms with Crippen molar-refractivity contribution in [2.45, 2.75) is 36.9 Å². The number of allylic oxidation sites excluding steroid dienone is 1. The van der Waals surface area contributed by atoms with Crippen molar-refractivity contribution in [3.05, 3.63) is 42.7 Å². The lowest BCUT2D eigenvalue weighted by molar-refractivity contribution is -0.120. The largest absolute Gasteiger partial charge is 0.485 e. The minimum Gasteiger partial charge on any atom is -0.485 e. The van der Waals surface area contributed by atoms with E-state index in [1.54, 1.807) is 6.08 Å². The Labute approximate surface area is 172 Å². The number of nitrogens with one attached hydrogen (secondary N) is 1. The molecule has 0 saturated carbocycles. The number of primary amides is 1. The molecule has 0 spiro atoms. The molecule has 10 heteroatoms. The number of rotatable bonds is 7. The third kappa shape index (κ3) is 4.70. The minimum atomic E-state index is -0.888. The number of hydrogen-bond donors (Lipinski definition) is 2. The smallest absolute Gasteiger partial charge is 0.318 e. The van der Waals surface area contributed by atoms with Crippen molar-refractivity contribution in [2.75, 3.05) is 6.61 Å². The second kappa shape index (κ2) is 8.99. The fourth-order valence-electron chi connectivity index (χ4n) is 2.87. The van der Waals surface area contributed by atoms with E-state index in [0.29, 0.717) is 29.0 Å². The standard InChI is InChI=1S/C19H23N5O4S/c1-4-9-24-16(14-10-27-12-7-5-6-8-13(12)28-14)22-23-19(24)29-15(11(2)3)17(25)21-18(20)26/h4-8,11,14-15H,1,9-10H2,2-3H3,(H3,20,21,25,26)/t14-,15-/m1/s1. The molecule has 3 amide bonds. The van der Waals surface area contributed by atoms with E-state index < -0.39 is 23.3 Å². The predicted molar refractivity (Wildman–Crippen MR) is 108 cm³/mol. The van der Waals surface area contributed by atoms with Crippen LogP contribution in [0, 0.1) is 5.92 Å². The van der Waals surface area contributed by atoms with Crippen molar-refractivity contribution in [1.82, 2.24) is 20.1 Å². The number of fused-ring (bicyclic) bond motifs is 1. The van der Waals surface area contributed by atoms with E-state index in [2.05, 4.69) is 22.1 Å². The van der Waals surface area contributed by atoms with Gasteiger partial charge in [-0.1, -0.05) is 43.8 Å². The fraction of sp³-hybridized carbons (Fsp3) is 0.368. The first-order valence-corrected chi connectivity index (χ1v) is 9.98. The molecule has 1 aliphatic heterocycles. The van der Waals surface area contributed by atoms with Gasteiger partial charge in [-0.15, -0.1) is 16.8 Å². The number of nitrogens with zero attached hydrogens (tertiary/aromatic N) is 3. The molecular weight excluding hydrogens is 394 g/mol. The zero-order valence-electron chi connectivity index (χ0n) is 16.2. The molecule has 9 nitrogen and oxygen atoms in total. The van der Waals surface area contributed by atoms with Crippen LogP contribution in [0.2, 0.25) is 0 Å². The summed E-state index contributed by atoms with van der Waals surface area (Å²) in [7, 11) is 0. The number of benzene rings is 1. The lowest BCUT2D eigenvalue weighted by Crippen LogP contribution is -2.42. The van der Waals surface area contributed by atoms with Gasteiger partial charge < -0.3 is 15.2 Å². The molecule has 2 aromatic rings. The van der Waals surface area contributed by atoms with Gasteiger partial charge in [0.05, 0.1) is 5.25 Å². The van der Waals surface area contributed by atoms with Gasteiger partial charge >= 0.3 is 6.03 Å². The van der Waals surface area contributed by atoms with Crippen LogP contribution < -0.4 is 20.5 Å². The number of aromatic nitrogens is 3. The number of urea groups is 1. The van der Waals surface area contributed by atoms with Crippen molar-refractivity contribution < 1.29 is 19.1 Å². The van der Waals surface area contributed by atoms with Crippen molar-refractivity contribution in [3.8, 4) is 11.5 Å². The monoisotopic (exact) mass is 417 g/mol. The molecule has 0 saturated heterocycles. The van der Waals surface area contributed by atoms with Crippen LogP contribution in [0.3, 0.4) is 0 Å². The summed E-state index contributed by atoms with van der Waals surface area (Å²) >= 11 is 1.21. The Hall–Kier alpha value is -3.01. The maximum absolute atomic E-state index is 12.4. The van der Waals surface area contributed by atoms with Crippen LogP contribution in [0.15, 0.2) is 42.1 Å². The van der Waals surface area contributed by atoms with Gasteiger partial charge in [0.1, 0.15) is 6.61 Å². The molecule has 0 fully saturated rings. The maximum atomic E-state index is 12.4. The van der Waals surface area contributed by atoms with Crippen LogP contribution in [0.25, 0.3) is 0 Å². The summed E-state index contributed by atoms with van der Waals surface area (Å²) in [6, 6.07) is 6.52. The van der Waals surface area contributed by atoms with Gasteiger partial charge in [0, 0.05) is 6.54 Å². The number of amides is 3. The third-order valence-electron chi connectivity index (χ3n) is 4.20. The summed E-state index contributed by atoms with van der Waals surface area (Å²) in [5.74, 6) is 1.33. The lowest BCUT2D eigenvalue weighted by atomic mass is 10.1. The van der Waals surface area contributed by atoms with E-state index in [1.165, 1.54) is 11.8 Å². The van der Waals surface area contributed by atoms with Crippen LogP contribution in [-0.2, 0) is 11.3 Å². The molecule has 2 atom stereocenters. The highest BCUT2D eigenvalue weighted by Crippen LogP contribution is 2.36. The number of ether oxygens (including phenoxy) is 2. The van der Waals surface area contributed by atoms with Crippen molar-refractivity contribution >= 4 is 23.7 Å². The first kappa shape index (κ1) is 20.7. The number of para-hydroxylation sites is 2. The van der Waals surface area contributed by atoms with E-state index >= 15 is 0 Å². The number of carbonyl (C=O) groups excluding carboxylic acids is 2. The van der Waals surface area contributed by atoms with Gasteiger partial charge in [0.15, 0.2) is 28.6 Å². The molecule has 29 heavy (non-hydrogen) atoms. The van der Waals surface area contributed by atoms with Crippen LogP contribution in [0.1, 0.15) is 25.8 Å². The lowest BCUT2D eigenvalue weighted by Gasteiger charge is -2.26. The summed E-state index contributed by atoms with van der Waals surface area (Å²) in [5, 5.41) is 10.6. The number of hydrogen-bond acceptors (Lipinski definition) is 7. The zero-order chi connectivity index (χ0) is 21.0. The second-order valence-corrected chi connectivity index (χ2v) is 7.85. The summed E-state index contributed by atoms with van der Waals surface area (Å²) in [6.07, 6.45) is 1.26. The Balaban J connectivity index is 1.86. The molecule has 154 valence electrons. The summed E-state index contributed by atoms with van der Waals surface area (Å²) in [6.45, 7) is 8.25. The molecule has 0 aliphatic carbocycles. The van der Waals surface area contributed by atoms with Crippen molar-refractivity contribution in [2.24, 2.45) is 11.7 Å². The van der Waals surface area contributed by atoms with Crippen LogP contribution in [0.4, 0.5) is 4.79 Å². The van der Waals surface area contributed by atoms with E-state index in [4.69, 9.17) is 15.2 Å². The highest BCUT2D eigenvalue weighted by atomic mass is 32.2. The second-order valence-electron chi connectivity index (χ2n) is 6.74. The molecular formula is C19H23N5O4S. The Morgan fingerprint density at radius 1 is 1.38 bits per heavy atom. The molecule has 0 unspecified atom stereocenters. The molecule has 3 rings (SSSR count). The van der Waals surface area contributed by atoms with Gasteiger partial charge in [-0.3, -0.25) is 14.7 Å². The third-order valence-corrected chi connectivity index (χ3v) is 5.72. The average Bonchev–Trinajstić information content (AvgIpc) is 3.07. The Kier molecular flexibility index (Phi) is 6.42. The number of imide groups is 1. The topological polar surface area (TPSA) is 121 Å². The van der Waals surface area contributed by atoms with Crippen molar-refractivity contribution in [1.29, 1.82) is 0 Å². The normalized spacial score (nSPS) is 16.3.